The SMILES string of the molecule is O=C(NC1CC1)c1ccc(CN(C(=O)COCc2ccccc2)C2CC2)cc1. The monoisotopic (exact) mass is 378 g/mol. The molecule has 0 saturated heterocycles. The second-order valence-corrected chi connectivity index (χ2v) is 7.68. The fourth-order valence-electron chi connectivity index (χ4n) is 3.18. The molecule has 0 bridgehead atoms. The summed E-state index contributed by atoms with van der Waals surface area (Å²) in [4.78, 5) is 26.7. The summed E-state index contributed by atoms with van der Waals surface area (Å²) in [7, 11) is 0. The first kappa shape index (κ1) is 18.7. The molecule has 0 radical (unpaired) electrons. The summed E-state index contributed by atoms with van der Waals surface area (Å²) in [6, 6.07) is 18.1. The smallest absolute Gasteiger partial charge is 0.251 e. The maximum absolute atomic E-state index is 12.7. The zero-order valence-electron chi connectivity index (χ0n) is 16.0. The molecule has 28 heavy (non-hydrogen) atoms. The van der Waals surface area contributed by atoms with Crippen LogP contribution in [0.5, 0.6) is 0 Å². The Morgan fingerprint density at radius 2 is 1.64 bits per heavy atom. The van der Waals surface area contributed by atoms with Crippen LogP contribution < -0.4 is 5.32 Å². The molecule has 1 N–H and O–H groups in total. The van der Waals surface area contributed by atoms with Crippen LogP contribution in [0.3, 0.4) is 0 Å². The molecule has 5 nitrogen and oxygen atoms in total. The van der Waals surface area contributed by atoms with Crippen LogP contribution in [-0.2, 0) is 22.7 Å². The molecular weight excluding hydrogens is 352 g/mol. The van der Waals surface area contributed by atoms with Gasteiger partial charge in [0.2, 0.25) is 5.91 Å². The molecule has 2 aliphatic carbocycles. The molecular formula is C23H26N2O3. The lowest BCUT2D eigenvalue weighted by molar-refractivity contribution is -0.137. The summed E-state index contributed by atoms with van der Waals surface area (Å²) in [6.07, 6.45) is 4.25. The molecule has 5 heteroatoms. The number of nitrogens with zero attached hydrogens (tertiary/aromatic N) is 1. The molecule has 2 aliphatic rings. The van der Waals surface area contributed by atoms with E-state index in [1.807, 2.05) is 59.5 Å². The van der Waals surface area contributed by atoms with Gasteiger partial charge in [-0.2, -0.15) is 0 Å². The van der Waals surface area contributed by atoms with Crippen molar-refractivity contribution in [3.05, 3.63) is 71.3 Å². The van der Waals surface area contributed by atoms with Crippen LogP contribution in [0, 0.1) is 0 Å². The number of amides is 2. The van der Waals surface area contributed by atoms with E-state index in [1.54, 1.807) is 0 Å². The highest BCUT2D eigenvalue weighted by atomic mass is 16.5. The van der Waals surface area contributed by atoms with Crippen molar-refractivity contribution in [3.8, 4) is 0 Å². The average molecular weight is 378 g/mol. The molecule has 2 aromatic carbocycles. The number of ether oxygens (including phenoxy) is 1. The maximum Gasteiger partial charge on any atom is 0.251 e. The predicted molar refractivity (Wildman–Crippen MR) is 107 cm³/mol. The molecule has 146 valence electrons. The Morgan fingerprint density at radius 1 is 0.929 bits per heavy atom. The van der Waals surface area contributed by atoms with Crippen LogP contribution in [0.1, 0.15) is 47.2 Å². The minimum absolute atomic E-state index is 0.0153. The minimum Gasteiger partial charge on any atom is -0.367 e. The molecule has 0 spiro atoms. The Kier molecular flexibility index (Phi) is 5.72. The number of carbonyl (C=O) groups is 2. The van der Waals surface area contributed by atoms with Crippen molar-refractivity contribution >= 4 is 11.8 Å². The quantitative estimate of drug-likeness (QED) is 0.728. The van der Waals surface area contributed by atoms with Crippen molar-refractivity contribution in [3.63, 3.8) is 0 Å². The van der Waals surface area contributed by atoms with Gasteiger partial charge in [-0.1, -0.05) is 42.5 Å². The van der Waals surface area contributed by atoms with Crippen molar-refractivity contribution in [2.24, 2.45) is 0 Å². The molecule has 0 atom stereocenters. The third-order valence-corrected chi connectivity index (χ3v) is 5.13. The van der Waals surface area contributed by atoms with Gasteiger partial charge >= 0.3 is 0 Å². The Morgan fingerprint density at radius 3 is 2.29 bits per heavy atom. The first-order chi connectivity index (χ1) is 13.7. The summed E-state index contributed by atoms with van der Waals surface area (Å²) in [5.74, 6) is 0.00692. The van der Waals surface area contributed by atoms with Crippen molar-refractivity contribution in [1.29, 1.82) is 0 Å². The zero-order chi connectivity index (χ0) is 19.3. The van der Waals surface area contributed by atoms with Gasteiger partial charge < -0.3 is 15.0 Å². The Bertz CT molecular complexity index is 812. The standard InChI is InChI=1S/C23H26N2O3/c26-22(16-28-15-18-4-2-1-3-5-18)25(21-12-13-21)14-17-6-8-19(9-7-17)23(27)24-20-10-11-20/h1-9,20-21H,10-16H2,(H,24,27). The van der Waals surface area contributed by atoms with E-state index in [0.717, 1.165) is 36.8 Å². The lowest BCUT2D eigenvalue weighted by Gasteiger charge is -2.22. The van der Waals surface area contributed by atoms with Gasteiger partial charge in [-0.05, 0) is 48.9 Å². The maximum atomic E-state index is 12.7. The van der Waals surface area contributed by atoms with Gasteiger partial charge in [-0.25, -0.2) is 0 Å². The molecule has 0 aliphatic heterocycles. The van der Waals surface area contributed by atoms with E-state index in [0.29, 0.717) is 30.8 Å². The lowest BCUT2D eigenvalue weighted by atomic mass is 10.1. The Labute approximate surface area is 165 Å². The van der Waals surface area contributed by atoms with E-state index in [-0.39, 0.29) is 18.4 Å². The normalized spacial score (nSPS) is 15.9. The highest BCUT2D eigenvalue weighted by molar-refractivity contribution is 5.94. The Balaban J connectivity index is 1.30. The van der Waals surface area contributed by atoms with E-state index < -0.39 is 0 Å². The van der Waals surface area contributed by atoms with E-state index in [2.05, 4.69) is 5.32 Å². The fraction of sp³-hybridized carbons (Fsp3) is 0.391. The molecule has 2 saturated carbocycles. The molecule has 2 amide bonds. The molecule has 0 aromatic heterocycles. The van der Waals surface area contributed by atoms with Crippen LogP contribution in [-0.4, -0.2) is 35.4 Å². The van der Waals surface area contributed by atoms with E-state index in [1.165, 1.54) is 0 Å². The van der Waals surface area contributed by atoms with Gasteiger partial charge in [0, 0.05) is 24.2 Å². The van der Waals surface area contributed by atoms with Crippen molar-refractivity contribution in [2.45, 2.75) is 50.9 Å². The van der Waals surface area contributed by atoms with Crippen LogP contribution in [0.4, 0.5) is 0 Å². The Hall–Kier alpha value is -2.66. The second kappa shape index (κ2) is 8.57. The van der Waals surface area contributed by atoms with Gasteiger partial charge in [0.25, 0.3) is 5.91 Å². The number of carbonyl (C=O) groups excluding carboxylic acids is 2. The number of rotatable bonds is 9. The fourth-order valence-corrected chi connectivity index (χ4v) is 3.18. The van der Waals surface area contributed by atoms with Crippen molar-refractivity contribution in [1.82, 2.24) is 10.2 Å². The van der Waals surface area contributed by atoms with Crippen molar-refractivity contribution in [2.75, 3.05) is 6.61 Å². The summed E-state index contributed by atoms with van der Waals surface area (Å²) in [5.41, 5.74) is 2.77. The molecule has 0 unspecified atom stereocenters. The van der Waals surface area contributed by atoms with E-state index in [9.17, 15) is 9.59 Å². The number of hydrogen-bond acceptors (Lipinski definition) is 3. The molecule has 0 heterocycles. The van der Waals surface area contributed by atoms with E-state index >= 15 is 0 Å². The van der Waals surface area contributed by atoms with Gasteiger partial charge in [0.1, 0.15) is 6.61 Å². The molecule has 2 fully saturated rings. The summed E-state index contributed by atoms with van der Waals surface area (Å²) >= 11 is 0. The number of hydrogen-bond donors (Lipinski definition) is 1. The summed E-state index contributed by atoms with van der Waals surface area (Å²) in [5, 5.41) is 2.99. The van der Waals surface area contributed by atoms with Gasteiger partial charge in [0.05, 0.1) is 6.61 Å². The third kappa shape index (κ3) is 5.20. The van der Waals surface area contributed by atoms with E-state index in [4.69, 9.17) is 4.74 Å². The topological polar surface area (TPSA) is 58.6 Å². The largest absolute Gasteiger partial charge is 0.367 e. The highest BCUT2D eigenvalue weighted by Crippen LogP contribution is 2.28. The van der Waals surface area contributed by atoms with Crippen LogP contribution in [0.25, 0.3) is 0 Å². The van der Waals surface area contributed by atoms with Crippen LogP contribution >= 0.6 is 0 Å². The summed E-state index contributed by atoms with van der Waals surface area (Å²) in [6.45, 7) is 1.09. The molecule has 2 aromatic rings. The molecule has 4 rings (SSSR count). The van der Waals surface area contributed by atoms with Crippen LogP contribution in [0.2, 0.25) is 0 Å². The van der Waals surface area contributed by atoms with Gasteiger partial charge in [0.15, 0.2) is 0 Å². The first-order valence-corrected chi connectivity index (χ1v) is 10.00. The van der Waals surface area contributed by atoms with Gasteiger partial charge in [-0.15, -0.1) is 0 Å². The lowest BCUT2D eigenvalue weighted by Crippen LogP contribution is -2.35. The predicted octanol–water partition coefficient (Wildman–Crippen LogP) is 3.29. The second-order valence-electron chi connectivity index (χ2n) is 7.68. The third-order valence-electron chi connectivity index (χ3n) is 5.13. The number of benzene rings is 2. The van der Waals surface area contributed by atoms with Crippen molar-refractivity contribution < 1.29 is 14.3 Å². The first-order valence-electron chi connectivity index (χ1n) is 10.00. The average Bonchev–Trinajstić information content (AvgIpc) is 3.62. The number of nitrogens with one attached hydrogen (secondary N) is 1. The van der Waals surface area contributed by atoms with Crippen LogP contribution in [0.15, 0.2) is 54.6 Å². The van der Waals surface area contributed by atoms with Gasteiger partial charge in [-0.3, -0.25) is 9.59 Å². The minimum atomic E-state index is -0.0153. The highest BCUT2D eigenvalue weighted by Gasteiger charge is 2.32. The zero-order valence-corrected chi connectivity index (χ0v) is 16.0. The summed E-state index contributed by atoms with van der Waals surface area (Å²) < 4.78 is 5.63.